The summed E-state index contributed by atoms with van der Waals surface area (Å²) in [6.07, 6.45) is 3.43. The van der Waals surface area contributed by atoms with Gasteiger partial charge in [-0.15, -0.1) is 0 Å². The lowest BCUT2D eigenvalue weighted by atomic mass is 10.1. The van der Waals surface area contributed by atoms with Crippen molar-refractivity contribution in [1.82, 2.24) is 5.32 Å². The van der Waals surface area contributed by atoms with Crippen molar-refractivity contribution in [1.29, 1.82) is 0 Å². The van der Waals surface area contributed by atoms with E-state index in [2.05, 4.69) is 43.4 Å². The Bertz CT molecular complexity index is 324. The molecule has 19 heavy (non-hydrogen) atoms. The lowest BCUT2D eigenvalue weighted by molar-refractivity contribution is 0.187. The SMILES string of the molecule is CCCC(CNCC)Oc1ccc(CCOC)cc1. The molecule has 3 heteroatoms. The van der Waals surface area contributed by atoms with E-state index in [9.17, 15) is 0 Å². The summed E-state index contributed by atoms with van der Waals surface area (Å²) in [5, 5.41) is 3.35. The van der Waals surface area contributed by atoms with Crippen molar-refractivity contribution < 1.29 is 9.47 Å². The van der Waals surface area contributed by atoms with E-state index in [0.717, 1.165) is 44.7 Å². The molecule has 0 radical (unpaired) electrons. The summed E-state index contributed by atoms with van der Waals surface area (Å²) in [6, 6.07) is 8.34. The first kappa shape index (κ1) is 16.0. The van der Waals surface area contributed by atoms with Crippen LogP contribution < -0.4 is 10.1 Å². The van der Waals surface area contributed by atoms with Crippen LogP contribution in [0, 0.1) is 0 Å². The van der Waals surface area contributed by atoms with Crippen LogP contribution in [0.5, 0.6) is 5.75 Å². The molecule has 0 bridgehead atoms. The van der Waals surface area contributed by atoms with Crippen molar-refractivity contribution in [3.05, 3.63) is 29.8 Å². The summed E-state index contributed by atoms with van der Waals surface area (Å²) >= 11 is 0. The monoisotopic (exact) mass is 265 g/mol. The number of benzene rings is 1. The Morgan fingerprint density at radius 2 is 1.89 bits per heavy atom. The summed E-state index contributed by atoms with van der Waals surface area (Å²) in [4.78, 5) is 0. The average molecular weight is 265 g/mol. The fraction of sp³-hybridized carbons (Fsp3) is 0.625. The van der Waals surface area contributed by atoms with Gasteiger partial charge in [-0.1, -0.05) is 32.4 Å². The van der Waals surface area contributed by atoms with Gasteiger partial charge in [0, 0.05) is 13.7 Å². The third-order valence-electron chi connectivity index (χ3n) is 3.05. The maximum absolute atomic E-state index is 6.02. The van der Waals surface area contributed by atoms with Gasteiger partial charge in [0.15, 0.2) is 0 Å². The lowest BCUT2D eigenvalue weighted by Gasteiger charge is -2.19. The quantitative estimate of drug-likeness (QED) is 0.705. The van der Waals surface area contributed by atoms with E-state index in [0.29, 0.717) is 0 Å². The highest BCUT2D eigenvalue weighted by molar-refractivity contribution is 5.27. The molecule has 0 aliphatic carbocycles. The average Bonchev–Trinajstić information content (AvgIpc) is 2.44. The molecule has 1 unspecified atom stereocenters. The normalized spacial score (nSPS) is 12.4. The van der Waals surface area contributed by atoms with Crippen molar-refractivity contribution in [3.8, 4) is 5.75 Å². The van der Waals surface area contributed by atoms with Crippen LogP contribution in [0.1, 0.15) is 32.3 Å². The first-order valence-corrected chi connectivity index (χ1v) is 7.25. The molecule has 0 heterocycles. The molecular weight excluding hydrogens is 238 g/mol. The largest absolute Gasteiger partial charge is 0.489 e. The molecule has 0 saturated heterocycles. The highest BCUT2D eigenvalue weighted by Gasteiger charge is 2.08. The van der Waals surface area contributed by atoms with Crippen molar-refractivity contribution in [2.24, 2.45) is 0 Å². The molecule has 1 aromatic carbocycles. The standard InChI is InChI=1S/C16H27NO2/c1-4-6-16(13-17-5-2)19-15-9-7-14(8-10-15)11-12-18-3/h7-10,16-17H,4-6,11-13H2,1-3H3. The molecule has 0 aliphatic rings. The molecule has 1 atom stereocenters. The Balaban J connectivity index is 2.48. The van der Waals surface area contributed by atoms with E-state index < -0.39 is 0 Å². The summed E-state index contributed by atoms with van der Waals surface area (Å²) in [5.74, 6) is 0.956. The Kier molecular flexibility index (Phi) is 8.26. The predicted molar refractivity (Wildman–Crippen MR) is 79.9 cm³/mol. The van der Waals surface area contributed by atoms with E-state index in [4.69, 9.17) is 9.47 Å². The smallest absolute Gasteiger partial charge is 0.119 e. The predicted octanol–water partition coefficient (Wildman–Crippen LogP) is 3.03. The van der Waals surface area contributed by atoms with Crippen LogP contribution in [0.2, 0.25) is 0 Å². The maximum Gasteiger partial charge on any atom is 0.119 e. The number of rotatable bonds is 10. The van der Waals surface area contributed by atoms with Crippen molar-refractivity contribution >= 4 is 0 Å². The summed E-state index contributed by atoms with van der Waals surface area (Å²) in [5.41, 5.74) is 1.29. The third-order valence-corrected chi connectivity index (χ3v) is 3.05. The van der Waals surface area contributed by atoms with Gasteiger partial charge in [0.05, 0.1) is 6.61 Å². The van der Waals surface area contributed by atoms with E-state index in [-0.39, 0.29) is 6.10 Å². The topological polar surface area (TPSA) is 30.5 Å². The van der Waals surface area contributed by atoms with Gasteiger partial charge in [-0.05, 0) is 37.1 Å². The first-order chi connectivity index (χ1) is 9.30. The summed E-state index contributed by atoms with van der Waals surface area (Å²) in [7, 11) is 1.73. The molecule has 0 fully saturated rings. The number of hydrogen-bond acceptors (Lipinski definition) is 3. The van der Waals surface area contributed by atoms with E-state index in [1.165, 1.54) is 5.56 Å². The van der Waals surface area contributed by atoms with Crippen molar-refractivity contribution in [2.75, 3.05) is 26.8 Å². The molecule has 1 N–H and O–H groups in total. The molecule has 0 aliphatic heterocycles. The molecule has 1 rings (SSSR count). The van der Waals surface area contributed by atoms with Crippen LogP contribution >= 0.6 is 0 Å². The highest BCUT2D eigenvalue weighted by Crippen LogP contribution is 2.16. The van der Waals surface area contributed by atoms with Gasteiger partial charge >= 0.3 is 0 Å². The first-order valence-electron chi connectivity index (χ1n) is 7.25. The molecule has 0 spiro atoms. The third kappa shape index (κ3) is 6.60. The number of hydrogen-bond donors (Lipinski definition) is 1. The maximum atomic E-state index is 6.02. The number of likely N-dealkylation sites (N-methyl/N-ethyl adjacent to an activating group) is 1. The molecular formula is C16H27NO2. The van der Waals surface area contributed by atoms with E-state index >= 15 is 0 Å². The minimum atomic E-state index is 0.259. The molecule has 108 valence electrons. The van der Waals surface area contributed by atoms with E-state index in [1.54, 1.807) is 7.11 Å². The van der Waals surface area contributed by atoms with Gasteiger partial charge in [-0.25, -0.2) is 0 Å². The minimum Gasteiger partial charge on any atom is -0.489 e. The second-order valence-corrected chi connectivity index (χ2v) is 4.72. The van der Waals surface area contributed by atoms with Gasteiger partial charge in [-0.2, -0.15) is 0 Å². The van der Waals surface area contributed by atoms with Gasteiger partial charge in [0.25, 0.3) is 0 Å². The lowest BCUT2D eigenvalue weighted by Crippen LogP contribution is -2.31. The molecule has 0 saturated carbocycles. The van der Waals surface area contributed by atoms with Crippen LogP contribution in [0.15, 0.2) is 24.3 Å². The minimum absolute atomic E-state index is 0.259. The number of ether oxygens (including phenoxy) is 2. The van der Waals surface area contributed by atoms with Gasteiger partial charge < -0.3 is 14.8 Å². The second kappa shape index (κ2) is 9.82. The Morgan fingerprint density at radius 3 is 2.47 bits per heavy atom. The Morgan fingerprint density at radius 1 is 1.16 bits per heavy atom. The zero-order valence-corrected chi connectivity index (χ0v) is 12.4. The van der Waals surface area contributed by atoms with Crippen LogP contribution in [0.4, 0.5) is 0 Å². The van der Waals surface area contributed by atoms with Gasteiger partial charge in [0.2, 0.25) is 0 Å². The molecule has 0 amide bonds. The van der Waals surface area contributed by atoms with Crippen molar-refractivity contribution in [2.45, 2.75) is 39.2 Å². The van der Waals surface area contributed by atoms with Gasteiger partial charge in [0.1, 0.15) is 11.9 Å². The van der Waals surface area contributed by atoms with Crippen LogP contribution in [-0.4, -0.2) is 32.9 Å². The fourth-order valence-electron chi connectivity index (χ4n) is 1.98. The fourth-order valence-corrected chi connectivity index (χ4v) is 1.98. The van der Waals surface area contributed by atoms with Crippen LogP contribution in [0.3, 0.4) is 0 Å². The molecule has 1 aromatic rings. The second-order valence-electron chi connectivity index (χ2n) is 4.72. The van der Waals surface area contributed by atoms with Crippen LogP contribution in [0.25, 0.3) is 0 Å². The van der Waals surface area contributed by atoms with E-state index in [1.807, 2.05) is 0 Å². The number of nitrogens with one attached hydrogen (secondary N) is 1. The van der Waals surface area contributed by atoms with Crippen LogP contribution in [-0.2, 0) is 11.2 Å². The molecule has 3 nitrogen and oxygen atoms in total. The zero-order valence-electron chi connectivity index (χ0n) is 12.4. The zero-order chi connectivity index (χ0) is 13.9. The summed E-state index contributed by atoms with van der Waals surface area (Å²) < 4.78 is 11.1. The Hall–Kier alpha value is -1.06. The Labute approximate surface area is 117 Å². The number of methoxy groups -OCH3 is 1. The van der Waals surface area contributed by atoms with Crippen molar-refractivity contribution in [3.63, 3.8) is 0 Å². The summed E-state index contributed by atoms with van der Waals surface area (Å²) in [6.45, 7) is 6.97. The molecule has 0 aromatic heterocycles. The highest BCUT2D eigenvalue weighted by atomic mass is 16.5. The van der Waals surface area contributed by atoms with Gasteiger partial charge in [-0.3, -0.25) is 0 Å².